The van der Waals surface area contributed by atoms with Gasteiger partial charge in [-0.25, -0.2) is 13.6 Å². The Morgan fingerprint density at radius 2 is 2.00 bits per heavy atom. The second-order valence-electron chi connectivity index (χ2n) is 3.74. The highest BCUT2D eigenvalue weighted by Crippen LogP contribution is 2.38. The fraction of sp³-hybridized carbons (Fsp3) is 0.417. The van der Waals surface area contributed by atoms with Crippen molar-refractivity contribution in [2.45, 2.75) is 19.0 Å². The first-order valence-electron chi connectivity index (χ1n) is 5.14. The minimum absolute atomic E-state index is 0.0524. The van der Waals surface area contributed by atoms with E-state index < -0.39 is 23.6 Å². The SMILES string of the molecule is COC(=O)C(O)c1cccc(C(C)(F)F)c1OC. The molecule has 0 aliphatic heterocycles. The summed E-state index contributed by atoms with van der Waals surface area (Å²) in [4.78, 5) is 11.2. The van der Waals surface area contributed by atoms with Crippen molar-refractivity contribution in [3.05, 3.63) is 29.3 Å². The van der Waals surface area contributed by atoms with E-state index in [4.69, 9.17) is 4.74 Å². The Morgan fingerprint density at radius 3 is 2.44 bits per heavy atom. The average molecular weight is 260 g/mol. The van der Waals surface area contributed by atoms with Crippen LogP contribution in [0.5, 0.6) is 5.75 Å². The lowest BCUT2D eigenvalue weighted by atomic mass is 10.0. The third kappa shape index (κ3) is 2.76. The largest absolute Gasteiger partial charge is 0.496 e. The van der Waals surface area contributed by atoms with Gasteiger partial charge in [-0.05, 0) is 6.07 Å². The van der Waals surface area contributed by atoms with Gasteiger partial charge in [0.1, 0.15) is 5.75 Å². The number of benzene rings is 1. The molecule has 0 aliphatic rings. The number of para-hydroxylation sites is 1. The lowest BCUT2D eigenvalue weighted by Crippen LogP contribution is -2.17. The quantitative estimate of drug-likeness (QED) is 0.841. The van der Waals surface area contributed by atoms with Gasteiger partial charge in [0.25, 0.3) is 5.92 Å². The molecule has 0 radical (unpaired) electrons. The number of alkyl halides is 2. The van der Waals surface area contributed by atoms with Crippen LogP contribution in [0.25, 0.3) is 0 Å². The molecule has 1 aromatic rings. The summed E-state index contributed by atoms with van der Waals surface area (Å²) in [5.41, 5.74) is -0.450. The number of aliphatic hydroxyl groups excluding tert-OH is 1. The molecule has 0 saturated carbocycles. The smallest absolute Gasteiger partial charge is 0.339 e. The van der Waals surface area contributed by atoms with E-state index in [9.17, 15) is 18.7 Å². The van der Waals surface area contributed by atoms with Crippen molar-refractivity contribution in [1.29, 1.82) is 0 Å². The second-order valence-corrected chi connectivity index (χ2v) is 3.74. The van der Waals surface area contributed by atoms with Crippen LogP contribution in [-0.2, 0) is 15.5 Å². The average Bonchev–Trinajstić information content (AvgIpc) is 2.34. The van der Waals surface area contributed by atoms with Crippen LogP contribution in [0.3, 0.4) is 0 Å². The fourth-order valence-electron chi connectivity index (χ4n) is 1.58. The molecule has 1 atom stereocenters. The van der Waals surface area contributed by atoms with Crippen LogP contribution in [0.15, 0.2) is 18.2 Å². The Morgan fingerprint density at radius 1 is 1.39 bits per heavy atom. The van der Waals surface area contributed by atoms with Crippen molar-refractivity contribution >= 4 is 5.97 Å². The normalized spacial score (nSPS) is 13.0. The zero-order valence-corrected chi connectivity index (χ0v) is 10.2. The summed E-state index contributed by atoms with van der Waals surface area (Å²) >= 11 is 0. The van der Waals surface area contributed by atoms with E-state index in [1.165, 1.54) is 25.3 Å². The zero-order chi connectivity index (χ0) is 13.9. The van der Waals surface area contributed by atoms with Crippen molar-refractivity contribution < 1.29 is 28.2 Å². The molecule has 0 fully saturated rings. The van der Waals surface area contributed by atoms with Crippen LogP contribution < -0.4 is 4.74 Å². The predicted molar refractivity (Wildman–Crippen MR) is 59.5 cm³/mol. The molecule has 0 bridgehead atoms. The minimum atomic E-state index is -3.14. The second kappa shape index (κ2) is 5.30. The zero-order valence-electron chi connectivity index (χ0n) is 10.2. The molecular weight excluding hydrogens is 246 g/mol. The van der Waals surface area contributed by atoms with Crippen LogP contribution in [-0.4, -0.2) is 25.3 Å². The third-order valence-corrected chi connectivity index (χ3v) is 2.44. The maximum atomic E-state index is 13.4. The number of halogens is 2. The van der Waals surface area contributed by atoms with E-state index in [1.54, 1.807) is 0 Å². The summed E-state index contributed by atoms with van der Waals surface area (Å²) < 4.78 is 35.9. The lowest BCUT2D eigenvalue weighted by molar-refractivity contribution is -0.150. The van der Waals surface area contributed by atoms with Crippen molar-refractivity contribution in [2.24, 2.45) is 0 Å². The highest BCUT2D eigenvalue weighted by Gasteiger charge is 2.32. The van der Waals surface area contributed by atoms with Gasteiger partial charge in [-0.15, -0.1) is 0 Å². The number of methoxy groups -OCH3 is 2. The molecule has 0 amide bonds. The first-order chi connectivity index (χ1) is 8.32. The van der Waals surface area contributed by atoms with Crippen LogP contribution in [0, 0.1) is 0 Å². The van der Waals surface area contributed by atoms with Crippen molar-refractivity contribution in [3.63, 3.8) is 0 Å². The number of carbonyl (C=O) groups excluding carboxylic acids is 1. The molecular formula is C12H14F2O4. The van der Waals surface area contributed by atoms with E-state index in [1.807, 2.05) is 0 Å². The highest BCUT2D eigenvalue weighted by atomic mass is 19.3. The van der Waals surface area contributed by atoms with Crippen molar-refractivity contribution in [2.75, 3.05) is 14.2 Å². The Bertz CT molecular complexity index is 440. The van der Waals surface area contributed by atoms with Gasteiger partial charge in [0, 0.05) is 12.5 Å². The monoisotopic (exact) mass is 260 g/mol. The molecule has 0 saturated heterocycles. The molecule has 6 heteroatoms. The summed E-state index contributed by atoms with van der Waals surface area (Å²) in [6.07, 6.45) is -1.66. The molecule has 1 rings (SSSR count). The van der Waals surface area contributed by atoms with Crippen LogP contribution in [0.1, 0.15) is 24.2 Å². The number of hydrogen-bond acceptors (Lipinski definition) is 4. The molecule has 0 spiro atoms. The maximum absolute atomic E-state index is 13.4. The fourth-order valence-corrected chi connectivity index (χ4v) is 1.58. The Labute approximate surface area is 103 Å². The van der Waals surface area contributed by atoms with Gasteiger partial charge in [-0.3, -0.25) is 0 Å². The molecule has 0 heterocycles. The van der Waals surface area contributed by atoms with Gasteiger partial charge in [0.05, 0.1) is 19.8 Å². The number of hydrogen-bond donors (Lipinski definition) is 1. The molecule has 100 valence electrons. The topological polar surface area (TPSA) is 55.8 Å². The van der Waals surface area contributed by atoms with Gasteiger partial charge in [0.15, 0.2) is 6.10 Å². The van der Waals surface area contributed by atoms with Crippen LogP contribution in [0.2, 0.25) is 0 Å². The predicted octanol–water partition coefficient (Wildman–Crippen LogP) is 2.01. The Kier molecular flexibility index (Phi) is 4.24. The number of carbonyl (C=O) groups is 1. The maximum Gasteiger partial charge on any atom is 0.339 e. The van der Waals surface area contributed by atoms with Crippen LogP contribution in [0.4, 0.5) is 8.78 Å². The number of esters is 1. The molecule has 0 aromatic heterocycles. The Balaban J connectivity index is 3.34. The molecule has 1 N–H and O–H groups in total. The number of rotatable bonds is 4. The molecule has 1 unspecified atom stereocenters. The van der Waals surface area contributed by atoms with Gasteiger partial charge < -0.3 is 14.6 Å². The lowest BCUT2D eigenvalue weighted by Gasteiger charge is -2.19. The summed E-state index contributed by atoms with van der Waals surface area (Å²) in [7, 11) is 2.29. The van der Waals surface area contributed by atoms with E-state index in [0.29, 0.717) is 6.92 Å². The Hall–Kier alpha value is -1.69. The van der Waals surface area contributed by atoms with E-state index in [0.717, 1.165) is 7.11 Å². The minimum Gasteiger partial charge on any atom is -0.496 e. The first kappa shape index (κ1) is 14.4. The molecule has 1 aromatic carbocycles. The highest BCUT2D eigenvalue weighted by molar-refractivity contribution is 5.77. The first-order valence-corrected chi connectivity index (χ1v) is 5.14. The third-order valence-electron chi connectivity index (χ3n) is 2.44. The summed E-state index contributed by atoms with van der Waals surface area (Å²) in [6.45, 7) is 0.707. The van der Waals surface area contributed by atoms with Crippen molar-refractivity contribution in [3.8, 4) is 5.75 Å². The van der Waals surface area contributed by atoms with Gasteiger partial charge in [-0.1, -0.05) is 12.1 Å². The standard InChI is InChI=1S/C12H14F2O4/c1-12(13,14)8-6-4-5-7(10(8)17-2)9(15)11(16)18-3/h4-6,9,15H,1-3H3. The van der Waals surface area contributed by atoms with Gasteiger partial charge in [-0.2, -0.15) is 0 Å². The van der Waals surface area contributed by atoms with E-state index in [2.05, 4.69) is 4.74 Å². The van der Waals surface area contributed by atoms with Gasteiger partial charge >= 0.3 is 5.97 Å². The summed E-state index contributed by atoms with van der Waals surface area (Å²) in [6, 6.07) is 3.82. The molecule has 18 heavy (non-hydrogen) atoms. The van der Waals surface area contributed by atoms with E-state index >= 15 is 0 Å². The van der Waals surface area contributed by atoms with Crippen LogP contribution >= 0.6 is 0 Å². The molecule has 0 aliphatic carbocycles. The molecule has 4 nitrogen and oxygen atoms in total. The summed E-state index contributed by atoms with van der Waals surface area (Å²) in [5, 5.41) is 9.69. The van der Waals surface area contributed by atoms with Crippen molar-refractivity contribution in [1.82, 2.24) is 0 Å². The number of aliphatic hydroxyl groups is 1. The number of ether oxygens (including phenoxy) is 2. The van der Waals surface area contributed by atoms with E-state index in [-0.39, 0.29) is 11.3 Å². The summed E-state index contributed by atoms with van der Waals surface area (Å²) in [5.74, 6) is -4.30. The van der Waals surface area contributed by atoms with Gasteiger partial charge in [0.2, 0.25) is 0 Å².